The van der Waals surface area contributed by atoms with E-state index in [4.69, 9.17) is 18.5 Å². The van der Waals surface area contributed by atoms with Crippen LogP contribution < -0.4 is 0 Å². The third kappa shape index (κ3) is 16.6. The van der Waals surface area contributed by atoms with Gasteiger partial charge in [0.1, 0.15) is 43.2 Å². The molecule has 1 fully saturated rings. The summed E-state index contributed by atoms with van der Waals surface area (Å²) in [4.78, 5) is 34.6. The Morgan fingerprint density at radius 2 is 1.27 bits per heavy atom. The van der Waals surface area contributed by atoms with Crippen LogP contribution in [0.4, 0.5) is 0 Å². The average Bonchev–Trinajstić information content (AvgIpc) is 2.99. The Morgan fingerprint density at radius 1 is 0.705 bits per heavy atom. The second-order valence-corrected chi connectivity index (χ2v) is 12.4. The third-order valence-corrected chi connectivity index (χ3v) is 8.01. The zero-order chi connectivity index (χ0) is 33.0. The zero-order valence-electron chi connectivity index (χ0n) is 25.9. The van der Waals surface area contributed by atoms with Crippen LogP contribution in [-0.4, -0.2) is 98.3 Å². The van der Waals surface area contributed by atoms with E-state index < -0.39 is 75.7 Å². The Labute approximate surface area is 260 Å². The van der Waals surface area contributed by atoms with Crippen LogP contribution in [0.3, 0.4) is 0 Å². The standard InChI is InChI=1S/C30H53O13P/c1-3-5-7-8-9-10-11-12-13-14-15-16-17-19-24(32)42-22(20-40-23(31)18-6-4-2)21-41-44(38,39)43-30-28(36)26(34)25(33)27(35)29(30)37/h7-8,10-11,22,25-30,33-37H,3-6,9,12-21H2,1-2H3,(H,38,39)/b8-7-,11-10-. The van der Waals surface area contributed by atoms with Crippen LogP contribution in [0.1, 0.15) is 97.3 Å². The maximum absolute atomic E-state index is 12.6. The van der Waals surface area contributed by atoms with Gasteiger partial charge in [-0.05, 0) is 38.5 Å². The van der Waals surface area contributed by atoms with E-state index in [0.29, 0.717) is 12.8 Å². The third-order valence-electron chi connectivity index (χ3n) is 7.03. The first-order valence-electron chi connectivity index (χ1n) is 15.6. The molecule has 0 bridgehead atoms. The molecule has 0 saturated heterocycles. The number of carbonyl (C=O) groups excluding carboxylic acids is 2. The number of phosphoric acid groups is 1. The quantitative estimate of drug-likeness (QED) is 0.0406. The summed E-state index contributed by atoms with van der Waals surface area (Å²) in [6.45, 7) is 2.85. The Morgan fingerprint density at radius 3 is 1.91 bits per heavy atom. The minimum absolute atomic E-state index is 0.0795. The summed E-state index contributed by atoms with van der Waals surface area (Å²) in [5, 5.41) is 49.4. The van der Waals surface area contributed by atoms with Crippen LogP contribution in [-0.2, 0) is 32.7 Å². The van der Waals surface area contributed by atoms with Crippen molar-refractivity contribution in [2.24, 2.45) is 0 Å². The van der Waals surface area contributed by atoms with Crippen LogP contribution in [0.2, 0.25) is 0 Å². The molecule has 1 saturated carbocycles. The highest BCUT2D eigenvalue weighted by molar-refractivity contribution is 7.47. The van der Waals surface area contributed by atoms with Crippen molar-refractivity contribution in [2.45, 2.75) is 140 Å². The smallest absolute Gasteiger partial charge is 0.462 e. The number of hydrogen-bond donors (Lipinski definition) is 6. The monoisotopic (exact) mass is 652 g/mol. The van der Waals surface area contributed by atoms with E-state index in [1.54, 1.807) is 0 Å². The van der Waals surface area contributed by atoms with E-state index in [0.717, 1.165) is 57.8 Å². The average molecular weight is 653 g/mol. The summed E-state index contributed by atoms with van der Waals surface area (Å²) in [6, 6.07) is 0. The fourth-order valence-corrected chi connectivity index (χ4v) is 5.33. The van der Waals surface area contributed by atoms with E-state index in [-0.39, 0.29) is 12.8 Å². The predicted octanol–water partition coefficient (Wildman–Crippen LogP) is 2.99. The van der Waals surface area contributed by atoms with Crippen molar-refractivity contribution in [3.8, 4) is 0 Å². The first-order valence-corrected chi connectivity index (χ1v) is 17.1. The highest BCUT2D eigenvalue weighted by Gasteiger charge is 2.51. The van der Waals surface area contributed by atoms with Gasteiger partial charge in [0.15, 0.2) is 6.10 Å². The van der Waals surface area contributed by atoms with Gasteiger partial charge in [-0.1, -0.05) is 70.3 Å². The molecule has 0 amide bonds. The summed E-state index contributed by atoms with van der Waals surface area (Å²) in [5.41, 5.74) is 0. The van der Waals surface area contributed by atoms with Gasteiger partial charge in [0, 0.05) is 12.8 Å². The first kappa shape index (κ1) is 40.4. The number of aliphatic hydroxyl groups is 5. The number of phosphoric ester groups is 1. The molecule has 0 aliphatic heterocycles. The van der Waals surface area contributed by atoms with E-state index in [2.05, 4.69) is 31.2 Å². The number of hydrogen-bond acceptors (Lipinski definition) is 12. The molecule has 44 heavy (non-hydrogen) atoms. The summed E-state index contributed by atoms with van der Waals surface area (Å²) in [5.74, 6) is -1.16. The molecule has 6 unspecified atom stereocenters. The first-order chi connectivity index (χ1) is 20.9. The van der Waals surface area contributed by atoms with Crippen molar-refractivity contribution in [1.82, 2.24) is 0 Å². The SMILES string of the molecule is CCC/C=C\C/C=C\CCCCCCCC(=O)OC(COC(=O)CCCC)COP(=O)(O)OC1C(O)C(O)C(O)C(O)C1O. The van der Waals surface area contributed by atoms with Gasteiger partial charge in [-0.2, -0.15) is 0 Å². The highest BCUT2D eigenvalue weighted by Crippen LogP contribution is 2.47. The number of carbonyl (C=O) groups is 2. The summed E-state index contributed by atoms with van der Waals surface area (Å²) in [6.07, 6.45) is 5.67. The fourth-order valence-electron chi connectivity index (χ4n) is 4.36. The summed E-state index contributed by atoms with van der Waals surface area (Å²) < 4.78 is 32.7. The van der Waals surface area contributed by atoms with Crippen molar-refractivity contribution >= 4 is 19.8 Å². The minimum atomic E-state index is -5.09. The maximum Gasteiger partial charge on any atom is 0.472 e. The normalized spacial score (nSPS) is 26.1. The molecule has 0 aromatic carbocycles. The van der Waals surface area contributed by atoms with Crippen LogP contribution in [0, 0.1) is 0 Å². The minimum Gasteiger partial charge on any atom is -0.462 e. The molecule has 0 radical (unpaired) electrons. The van der Waals surface area contributed by atoms with Gasteiger partial charge in [-0.25, -0.2) is 4.57 Å². The molecule has 6 atom stereocenters. The molecule has 1 aliphatic rings. The predicted molar refractivity (Wildman–Crippen MR) is 161 cm³/mol. The largest absolute Gasteiger partial charge is 0.472 e. The van der Waals surface area contributed by atoms with Crippen LogP contribution in [0.15, 0.2) is 24.3 Å². The van der Waals surface area contributed by atoms with Crippen LogP contribution in [0.5, 0.6) is 0 Å². The number of ether oxygens (including phenoxy) is 2. The zero-order valence-corrected chi connectivity index (χ0v) is 26.8. The Hall–Kier alpha value is -1.67. The van der Waals surface area contributed by atoms with Gasteiger partial charge in [-0.15, -0.1) is 0 Å². The van der Waals surface area contributed by atoms with Crippen LogP contribution >= 0.6 is 7.82 Å². The summed E-state index contributed by atoms with van der Waals surface area (Å²) >= 11 is 0. The number of unbranched alkanes of at least 4 members (excludes halogenated alkanes) is 7. The molecule has 0 spiro atoms. The van der Waals surface area contributed by atoms with Crippen molar-refractivity contribution in [3.05, 3.63) is 24.3 Å². The molecular formula is C30H53O13P. The Bertz CT molecular complexity index is 895. The fraction of sp³-hybridized carbons (Fsp3) is 0.800. The molecule has 256 valence electrons. The van der Waals surface area contributed by atoms with Gasteiger partial charge in [0.2, 0.25) is 0 Å². The van der Waals surface area contributed by atoms with Gasteiger partial charge >= 0.3 is 19.8 Å². The molecule has 1 aliphatic carbocycles. The second kappa shape index (κ2) is 22.8. The lowest BCUT2D eigenvalue weighted by Crippen LogP contribution is -2.64. The van der Waals surface area contributed by atoms with Gasteiger partial charge in [0.05, 0.1) is 6.61 Å². The van der Waals surface area contributed by atoms with Gasteiger partial charge < -0.3 is 39.9 Å². The van der Waals surface area contributed by atoms with E-state index >= 15 is 0 Å². The number of allylic oxidation sites excluding steroid dienone is 4. The molecule has 13 nitrogen and oxygen atoms in total. The van der Waals surface area contributed by atoms with E-state index in [1.165, 1.54) is 0 Å². The molecule has 6 N–H and O–H groups in total. The molecule has 0 heterocycles. The highest BCUT2D eigenvalue weighted by atomic mass is 31.2. The number of esters is 2. The number of rotatable bonds is 23. The molecule has 0 aromatic rings. The molecule has 14 heteroatoms. The van der Waals surface area contributed by atoms with E-state index in [1.807, 2.05) is 6.92 Å². The Kier molecular flexibility index (Phi) is 20.9. The topological polar surface area (TPSA) is 210 Å². The summed E-state index contributed by atoms with van der Waals surface area (Å²) in [7, 11) is -5.09. The lowest BCUT2D eigenvalue weighted by Gasteiger charge is -2.41. The second-order valence-electron chi connectivity index (χ2n) is 11.0. The molecular weight excluding hydrogens is 599 g/mol. The van der Waals surface area contributed by atoms with Crippen molar-refractivity contribution in [3.63, 3.8) is 0 Å². The van der Waals surface area contributed by atoms with Crippen molar-refractivity contribution in [1.29, 1.82) is 0 Å². The van der Waals surface area contributed by atoms with E-state index in [9.17, 15) is 44.6 Å². The number of aliphatic hydroxyl groups excluding tert-OH is 5. The van der Waals surface area contributed by atoms with Crippen molar-refractivity contribution in [2.75, 3.05) is 13.2 Å². The molecule has 1 rings (SSSR count). The lowest BCUT2D eigenvalue weighted by atomic mass is 9.85. The molecule has 0 aromatic heterocycles. The van der Waals surface area contributed by atoms with Gasteiger partial charge in [-0.3, -0.25) is 18.6 Å². The maximum atomic E-state index is 12.6. The Balaban J connectivity index is 2.53. The van der Waals surface area contributed by atoms with Gasteiger partial charge in [0.25, 0.3) is 0 Å². The van der Waals surface area contributed by atoms with Crippen molar-refractivity contribution < 1.29 is 63.1 Å². The lowest BCUT2D eigenvalue weighted by molar-refractivity contribution is -0.220. The van der Waals surface area contributed by atoms with Crippen LogP contribution in [0.25, 0.3) is 0 Å².